The van der Waals surface area contributed by atoms with Gasteiger partial charge in [-0.05, 0) is 18.6 Å². The van der Waals surface area contributed by atoms with Gasteiger partial charge >= 0.3 is 5.97 Å². The quantitative estimate of drug-likeness (QED) is 0.487. The molecule has 0 aliphatic heterocycles. The monoisotopic (exact) mass is 271 g/mol. The number of hydrogen-bond donors (Lipinski definition) is 0. The minimum Gasteiger partial charge on any atom is -0.465 e. The smallest absolute Gasteiger partial charge is 0.338 e. The van der Waals surface area contributed by atoms with Crippen LogP contribution in [0.3, 0.4) is 0 Å². The average Bonchev–Trinajstić information content (AvgIpc) is 2.46. The first-order valence-electron chi connectivity index (χ1n) is 5.98. The highest BCUT2D eigenvalue weighted by Gasteiger charge is 2.22. The van der Waals surface area contributed by atoms with Gasteiger partial charge in [-0.25, -0.2) is 4.79 Å². The number of benzene rings is 2. The molecule has 5 nitrogen and oxygen atoms in total. The van der Waals surface area contributed by atoms with E-state index in [0.717, 1.165) is 5.56 Å². The number of ether oxygens (including phenoxy) is 1. The van der Waals surface area contributed by atoms with E-state index in [0.29, 0.717) is 16.7 Å². The Balaban J connectivity index is 2.75. The van der Waals surface area contributed by atoms with Gasteiger partial charge in [-0.15, -0.1) is 0 Å². The van der Waals surface area contributed by atoms with Crippen LogP contribution in [0.2, 0.25) is 0 Å². The summed E-state index contributed by atoms with van der Waals surface area (Å²) in [5, 5.41) is 11.2. The van der Waals surface area contributed by atoms with Crippen LogP contribution in [0.25, 0.3) is 11.1 Å². The fraction of sp³-hybridized carbons (Fsp3) is 0.133. The fourth-order valence-corrected chi connectivity index (χ4v) is 2.14. The molecular formula is C15H13NO4. The van der Waals surface area contributed by atoms with Gasteiger partial charge in [-0.2, -0.15) is 0 Å². The topological polar surface area (TPSA) is 69.4 Å². The molecular weight excluding hydrogens is 258 g/mol. The first kappa shape index (κ1) is 13.7. The second-order valence-corrected chi connectivity index (χ2v) is 4.26. The molecule has 0 bridgehead atoms. The Bertz CT molecular complexity index is 679. The van der Waals surface area contributed by atoms with Crippen molar-refractivity contribution in [3.63, 3.8) is 0 Å². The normalized spacial score (nSPS) is 10.1. The van der Waals surface area contributed by atoms with Crippen molar-refractivity contribution in [3.8, 4) is 11.1 Å². The molecule has 20 heavy (non-hydrogen) atoms. The molecule has 2 aromatic rings. The van der Waals surface area contributed by atoms with Gasteiger partial charge in [0.15, 0.2) is 0 Å². The van der Waals surface area contributed by atoms with Gasteiger partial charge in [0.05, 0.1) is 23.2 Å². The van der Waals surface area contributed by atoms with E-state index < -0.39 is 10.9 Å². The van der Waals surface area contributed by atoms with Crippen LogP contribution in [0.1, 0.15) is 15.9 Å². The Morgan fingerprint density at radius 3 is 2.50 bits per heavy atom. The highest BCUT2D eigenvalue weighted by molar-refractivity contribution is 5.99. The van der Waals surface area contributed by atoms with Gasteiger partial charge in [0.25, 0.3) is 5.69 Å². The van der Waals surface area contributed by atoms with E-state index in [1.54, 1.807) is 43.3 Å². The van der Waals surface area contributed by atoms with Crippen LogP contribution in [0.4, 0.5) is 5.69 Å². The van der Waals surface area contributed by atoms with Gasteiger partial charge in [0.2, 0.25) is 0 Å². The van der Waals surface area contributed by atoms with Gasteiger partial charge < -0.3 is 4.74 Å². The largest absolute Gasteiger partial charge is 0.465 e. The van der Waals surface area contributed by atoms with E-state index in [1.807, 2.05) is 0 Å². The number of nitrogens with zero attached hydrogens (tertiary/aromatic N) is 1. The zero-order valence-electron chi connectivity index (χ0n) is 11.1. The summed E-state index contributed by atoms with van der Waals surface area (Å²) in [4.78, 5) is 22.5. The first-order valence-corrected chi connectivity index (χ1v) is 5.98. The molecule has 2 aromatic carbocycles. The Morgan fingerprint density at radius 2 is 1.85 bits per heavy atom. The molecule has 2 rings (SSSR count). The van der Waals surface area contributed by atoms with E-state index >= 15 is 0 Å². The molecule has 0 saturated carbocycles. The number of methoxy groups -OCH3 is 1. The summed E-state index contributed by atoms with van der Waals surface area (Å²) in [5.41, 5.74) is 1.96. The van der Waals surface area contributed by atoms with Crippen LogP contribution >= 0.6 is 0 Å². The highest BCUT2D eigenvalue weighted by atomic mass is 16.6. The summed E-state index contributed by atoms with van der Waals surface area (Å²) in [5.74, 6) is -0.516. The Morgan fingerprint density at radius 1 is 1.15 bits per heavy atom. The summed E-state index contributed by atoms with van der Waals surface area (Å²) < 4.78 is 4.73. The Kier molecular flexibility index (Phi) is 3.79. The molecule has 0 spiro atoms. The number of hydrogen-bond acceptors (Lipinski definition) is 4. The van der Waals surface area contributed by atoms with Crippen molar-refractivity contribution in [1.29, 1.82) is 0 Å². The SMILES string of the molecule is COC(=O)c1ccccc1-c1c(C)cccc1[N+](=O)[O-]. The number of rotatable bonds is 3. The molecule has 0 aromatic heterocycles. The van der Waals surface area contributed by atoms with E-state index in [-0.39, 0.29) is 5.69 Å². The van der Waals surface area contributed by atoms with Gasteiger partial charge in [-0.1, -0.05) is 30.3 Å². The van der Waals surface area contributed by atoms with Gasteiger partial charge in [0, 0.05) is 11.6 Å². The van der Waals surface area contributed by atoms with Crippen molar-refractivity contribution >= 4 is 11.7 Å². The molecule has 0 aliphatic carbocycles. The number of aryl methyl sites for hydroxylation is 1. The van der Waals surface area contributed by atoms with Crippen LogP contribution in [0.15, 0.2) is 42.5 Å². The molecule has 0 aliphatic rings. The van der Waals surface area contributed by atoms with E-state index in [1.165, 1.54) is 13.2 Å². The molecule has 0 N–H and O–H groups in total. The lowest BCUT2D eigenvalue weighted by molar-refractivity contribution is -0.384. The van der Waals surface area contributed by atoms with E-state index in [2.05, 4.69) is 0 Å². The molecule has 0 fully saturated rings. The molecule has 102 valence electrons. The predicted molar refractivity (Wildman–Crippen MR) is 74.6 cm³/mol. The van der Waals surface area contributed by atoms with Gasteiger partial charge in [-0.3, -0.25) is 10.1 Å². The lowest BCUT2D eigenvalue weighted by atomic mass is 9.94. The van der Waals surface area contributed by atoms with Crippen LogP contribution in [0, 0.1) is 17.0 Å². The van der Waals surface area contributed by atoms with Crippen molar-refractivity contribution in [1.82, 2.24) is 0 Å². The second kappa shape index (κ2) is 5.52. The third-order valence-corrected chi connectivity index (χ3v) is 3.05. The number of carbonyl (C=O) groups is 1. The number of nitro groups is 1. The van der Waals surface area contributed by atoms with Crippen LogP contribution in [0.5, 0.6) is 0 Å². The van der Waals surface area contributed by atoms with Crippen molar-refractivity contribution in [2.75, 3.05) is 7.11 Å². The fourth-order valence-electron chi connectivity index (χ4n) is 2.14. The first-order chi connectivity index (χ1) is 9.56. The van der Waals surface area contributed by atoms with Crippen molar-refractivity contribution in [2.24, 2.45) is 0 Å². The maximum absolute atomic E-state index is 11.8. The zero-order chi connectivity index (χ0) is 14.7. The third-order valence-electron chi connectivity index (χ3n) is 3.05. The Hall–Kier alpha value is -2.69. The second-order valence-electron chi connectivity index (χ2n) is 4.26. The maximum atomic E-state index is 11.8. The number of carbonyl (C=O) groups excluding carboxylic acids is 1. The minimum atomic E-state index is -0.516. The third kappa shape index (κ3) is 2.38. The Labute approximate surface area is 116 Å². The summed E-state index contributed by atoms with van der Waals surface area (Å²) in [7, 11) is 1.28. The molecule has 0 unspecified atom stereocenters. The maximum Gasteiger partial charge on any atom is 0.338 e. The number of nitro benzene ring substituents is 1. The van der Waals surface area contributed by atoms with Crippen LogP contribution < -0.4 is 0 Å². The van der Waals surface area contributed by atoms with Gasteiger partial charge in [0.1, 0.15) is 0 Å². The minimum absolute atomic E-state index is 0.0265. The standard InChI is InChI=1S/C15H13NO4/c1-10-6-5-9-13(16(18)19)14(10)11-7-3-4-8-12(11)15(17)20-2/h3-9H,1-2H3. The molecule has 0 heterocycles. The van der Waals surface area contributed by atoms with E-state index in [4.69, 9.17) is 4.74 Å². The molecule has 0 saturated heterocycles. The lowest BCUT2D eigenvalue weighted by Crippen LogP contribution is -2.05. The highest BCUT2D eigenvalue weighted by Crippen LogP contribution is 2.35. The molecule has 0 atom stereocenters. The summed E-state index contributed by atoms with van der Waals surface area (Å²) in [6, 6.07) is 11.5. The molecule has 0 radical (unpaired) electrons. The van der Waals surface area contributed by atoms with Crippen molar-refractivity contribution in [3.05, 3.63) is 63.7 Å². The number of esters is 1. The summed E-state index contributed by atoms with van der Waals surface area (Å²) in [6.07, 6.45) is 0. The summed E-state index contributed by atoms with van der Waals surface area (Å²) in [6.45, 7) is 1.77. The van der Waals surface area contributed by atoms with Crippen LogP contribution in [-0.4, -0.2) is 18.0 Å². The predicted octanol–water partition coefficient (Wildman–Crippen LogP) is 3.36. The average molecular weight is 271 g/mol. The molecule has 5 heteroatoms. The van der Waals surface area contributed by atoms with Crippen LogP contribution in [-0.2, 0) is 4.74 Å². The lowest BCUT2D eigenvalue weighted by Gasteiger charge is -2.10. The van der Waals surface area contributed by atoms with Crippen molar-refractivity contribution < 1.29 is 14.5 Å². The summed E-state index contributed by atoms with van der Waals surface area (Å²) >= 11 is 0. The zero-order valence-corrected chi connectivity index (χ0v) is 11.1. The molecule has 0 amide bonds. The van der Waals surface area contributed by atoms with Crippen molar-refractivity contribution in [2.45, 2.75) is 6.92 Å². The van der Waals surface area contributed by atoms with E-state index in [9.17, 15) is 14.9 Å².